The van der Waals surface area contributed by atoms with Crippen molar-refractivity contribution in [1.82, 2.24) is 5.32 Å². The molecule has 0 aliphatic heterocycles. The van der Waals surface area contributed by atoms with E-state index in [1.165, 1.54) is 0 Å². The maximum Gasteiger partial charge on any atom is 0.251 e. The van der Waals surface area contributed by atoms with Gasteiger partial charge in [-0.1, -0.05) is 38.5 Å². The molecule has 1 unspecified atom stereocenters. The monoisotopic (exact) mass is 267 g/mol. The van der Waals surface area contributed by atoms with Crippen molar-refractivity contribution in [3.63, 3.8) is 0 Å². The lowest BCUT2D eigenvalue weighted by atomic mass is 9.85. The molecule has 1 aromatic carbocycles. The molecule has 0 aromatic heterocycles. The zero-order valence-corrected chi connectivity index (χ0v) is 12.3. The number of amides is 1. The number of benzene rings is 1. The van der Waals surface area contributed by atoms with Gasteiger partial charge in [0, 0.05) is 17.5 Å². The first kappa shape index (κ1) is 15.0. The van der Waals surface area contributed by atoms with Gasteiger partial charge in [-0.15, -0.1) is 11.6 Å². The SMILES string of the molecule is Cc1ccc(C(=O)NC(CCCl)C(C)(C)C)cc1. The first-order valence-electron chi connectivity index (χ1n) is 6.28. The van der Waals surface area contributed by atoms with E-state index < -0.39 is 0 Å². The van der Waals surface area contributed by atoms with Crippen LogP contribution in [0.1, 0.15) is 43.1 Å². The van der Waals surface area contributed by atoms with Gasteiger partial charge in [0.2, 0.25) is 0 Å². The van der Waals surface area contributed by atoms with Crippen LogP contribution in [0, 0.1) is 12.3 Å². The Morgan fingerprint density at radius 1 is 1.28 bits per heavy atom. The molecule has 0 saturated carbocycles. The average molecular weight is 268 g/mol. The quantitative estimate of drug-likeness (QED) is 0.827. The molecule has 0 aliphatic rings. The Kier molecular flexibility index (Phi) is 5.21. The molecule has 1 amide bonds. The Bertz CT molecular complexity index is 392. The summed E-state index contributed by atoms with van der Waals surface area (Å²) in [6.07, 6.45) is 0.780. The van der Waals surface area contributed by atoms with Crippen molar-refractivity contribution in [2.45, 2.75) is 40.2 Å². The fourth-order valence-corrected chi connectivity index (χ4v) is 2.00. The number of carbonyl (C=O) groups is 1. The molecular weight excluding hydrogens is 246 g/mol. The molecule has 1 atom stereocenters. The van der Waals surface area contributed by atoms with Gasteiger partial charge in [-0.25, -0.2) is 0 Å². The summed E-state index contributed by atoms with van der Waals surface area (Å²) in [5, 5.41) is 3.07. The van der Waals surface area contributed by atoms with Crippen molar-refractivity contribution in [2.75, 3.05) is 5.88 Å². The van der Waals surface area contributed by atoms with Crippen molar-refractivity contribution >= 4 is 17.5 Å². The number of halogens is 1. The van der Waals surface area contributed by atoms with Crippen molar-refractivity contribution in [1.29, 1.82) is 0 Å². The highest BCUT2D eigenvalue weighted by Gasteiger charge is 2.25. The second-order valence-corrected chi connectivity index (χ2v) is 6.11. The lowest BCUT2D eigenvalue weighted by Gasteiger charge is -2.31. The van der Waals surface area contributed by atoms with Gasteiger partial charge >= 0.3 is 0 Å². The molecule has 1 aromatic rings. The molecule has 18 heavy (non-hydrogen) atoms. The predicted molar refractivity (Wildman–Crippen MR) is 77.2 cm³/mol. The summed E-state index contributed by atoms with van der Waals surface area (Å²) in [6, 6.07) is 7.69. The molecule has 1 rings (SSSR count). The van der Waals surface area contributed by atoms with E-state index in [1.807, 2.05) is 31.2 Å². The van der Waals surface area contributed by atoms with Gasteiger partial charge in [-0.2, -0.15) is 0 Å². The van der Waals surface area contributed by atoms with Crippen LogP contribution in [0.15, 0.2) is 24.3 Å². The van der Waals surface area contributed by atoms with Crippen LogP contribution in [0.25, 0.3) is 0 Å². The molecule has 3 heteroatoms. The van der Waals surface area contributed by atoms with E-state index in [9.17, 15) is 4.79 Å². The molecule has 0 radical (unpaired) electrons. The first-order valence-corrected chi connectivity index (χ1v) is 6.81. The Labute approximate surface area is 115 Å². The van der Waals surface area contributed by atoms with Crippen molar-refractivity contribution < 1.29 is 4.79 Å². The number of carbonyl (C=O) groups excluding carboxylic acids is 1. The Balaban J connectivity index is 2.75. The van der Waals surface area contributed by atoms with E-state index in [1.54, 1.807) is 0 Å². The maximum absolute atomic E-state index is 12.1. The normalized spacial score (nSPS) is 13.2. The summed E-state index contributed by atoms with van der Waals surface area (Å²) in [7, 11) is 0. The Morgan fingerprint density at radius 3 is 2.28 bits per heavy atom. The molecule has 1 N–H and O–H groups in total. The van der Waals surface area contributed by atoms with Crippen LogP contribution in [0.4, 0.5) is 0 Å². The molecule has 0 saturated heterocycles. The van der Waals surface area contributed by atoms with E-state index in [0.717, 1.165) is 12.0 Å². The third-order valence-corrected chi connectivity index (χ3v) is 3.28. The van der Waals surface area contributed by atoms with E-state index in [2.05, 4.69) is 26.1 Å². The van der Waals surface area contributed by atoms with E-state index >= 15 is 0 Å². The highest BCUT2D eigenvalue weighted by molar-refractivity contribution is 6.17. The van der Waals surface area contributed by atoms with Crippen LogP contribution in [0.3, 0.4) is 0 Å². The molecule has 0 fully saturated rings. The summed E-state index contributed by atoms with van der Waals surface area (Å²) in [6.45, 7) is 8.34. The second-order valence-electron chi connectivity index (χ2n) is 5.74. The molecule has 0 heterocycles. The third-order valence-electron chi connectivity index (χ3n) is 3.06. The van der Waals surface area contributed by atoms with E-state index in [4.69, 9.17) is 11.6 Å². The van der Waals surface area contributed by atoms with Crippen LogP contribution < -0.4 is 5.32 Å². The van der Waals surface area contributed by atoms with Gasteiger partial charge in [0.05, 0.1) is 0 Å². The van der Waals surface area contributed by atoms with Crippen molar-refractivity contribution in [2.24, 2.45) is 5.41 Å². The van der Waals surface area contributed by atoms with Crippen LogP contribution in [-0.4, -0.2) is 17.8 Å². The number of aryl methyl sites for hydroxylation is 1. The van der Waals surface area contributed by atoms with E-state index in [-0.39, 0.29) is 17.4 Å². The first-order chi connectivity index (χ1) is 8.34. The van der Waals surface area contributed by atoms with Crippen LogP contribution in [0.2, 0.25) is 0 Å². The molecule has 2 nitrogen and oxygen atoms in total. The predicted octanol–water partition coefficient (Wildman–Crippen LogP) is 3.77. The highest BCUT2D eigenvalue weighted by Crippen LogP contribution is 2.22. The molecule has 0 aliphatic carbocycles. The Morgan fingerprint density at radius 2 is 1.83 bits per heavy atom. The second kappa shape index (κ2) is 6.24. The van der Waals surface area contributed by atoms with Gasteiger partial charge in [0.1, 0.15) is 0 Å². The maximum atomic E-state index is 12.1. The van der Waals surface area contributed by atoms with Gasteiger partial charge in [-0.3, -0.25) is 4.79 Å². The summed E-state index contributed by atoms with van der Waals surface area (Å²) >= 11 is 5.80. The summed E-state index contributed by atoms with van der Waals surface area (Å²) in [4.78, 5) is 12.1. The summed E-state index contributed by atoms with van der Waals surface area (Å²) < 4.78 is 0. The van der Waals surface area contributed by atoms with Crippen molar-refractivity contribution in [3.8, 4) is 0 Å². The third kappa shape index (κ3) is 4.34. The van der Waals surface area contributed by atoms with Crippen LogP contribution >= 0.6 is 11.6 Å². The van der Waals surface area contributed by atoms with Gasteiger partial charge in [-0.05, 0) is 30.9 Å². The molecular formula is C15H22ClNO. The number of alkyl halides is 1. The zero-order chi connectivity index (χ0) is 13.8. The molecule has 0 bridgehead atoms. The minimum atomic E-state index is -0.0277. The van der Waals surface area contributed by atoms with Gasteiger partial charge < -0.3 is 5.32 Å². The Hall–Kier alpha value is -1.02. The standard InChI is InChI=1S/C15H22ClNO/c1-11-5-7-12(8-6-11)14(18)17-13(9-10-16)15(2,3)4/h5-8,13H,9-10H2,1-4H3,(H,17,18). The number of hydrogen-bond donors (Lipinski definition) is 1. The topological polar surface area (TPSA) is 29.1 Å². The minimum absolute atomic E-state index is 0.00917. The number of nitrogens with one attached hydrogen (secondary N) is 1. The summed E-state index contributed by atoms with van der Waals surface area (Å²) in [5.74, 6) is 0.524. The molecule has 100 valence electrons. The van der Waals surface area contributed by atoms with Gasteiger partial charge in [0.15, 0.2) is 0 Å². The van der Waals surface area contributed by atoms with Crippen molar-refractivity contribution in [3.05, 3.63) is 35.4 Å². The summed E-state index contributed by atoms with van der Waals surface area (Å²) in [5.41, 5.74) is 1.86. The largest absolute Gasteiger partial charge is 0.349 e. The fraction of sp³-hybridized carbons (Fsp3) is 0.533. The number of hydrogen-bond acceptors (Lipinski definition) is 1. The van der Waals surface area contributed by atoms with Crippen LogP contribution in [0.5, 0.6) is 0 Å². The smallest absolute Gasteiger partial charge is 0.251 e. The fourth-order valence-electron chi connectivity index (χ4n) is 1.78. The lowest BCUT2D eigenvalue weighted by Crippen LogP contribution is -2.44. The highest BCUT2D eigenvalue weighted by atomic mass is 35.5. The van der Waals surface area contributed by atoms with E-state index in [0.29, 0.717) is 11.4 Å². The zero-order valence-electron chi connectivity index (χ0n) is 11.6. The van der Waals surface area contributed by atoms with Gasteiger partial charge in [0.25, 0.3) is 5.91 Å². The minimum Gasteiger partial charge on any atom is -0.349 e. The number of rotatable bonds is 4. The molecule has 0 spiro atoms. The lowest BCUT2D eigenvalue weighted by molar-refractivity contribution is 0.0900. The average Bonchev–Trinajstić information content (AvgIpc) is 2.28. The van der Waals surface area contributed by atoms with Crippen LogP contribution in [-0.2, 0) is 0 Å².